The summed E-state index contributed by atoms with van der Waals surface area (Å²) >= 11 is 6.45. The molecule has 0 saturated carbocycles. The van der Waals surface area contributed by atoms with Crippen LogP contribution in [0.15, 0.2) is 27.2 Å². The third kappa shape index (κ3) is 2.90. The number of hydrogen-bond acceptors (Lipinski definition) is 1. The minimum absolute atomic E-state index is 0.0315. The van der Waals surface area contributed by atoms with Crippen LogP contribution in [0.2, 0.25) is 0 Å². The number of benzene rings is 1. The Balaban J connectivity index is 3.13. The van der Waals surface area contributed by atoms with Gasteiger partial charge >= 0.3 is 0 Å². The Labute approximate surface area is 92.5 Å². The number of rotatable bonds is 2. The molecule has 1 aromatic rings. The van der Waals surface area contributed by atoms with E-state index in [1.165, 1.54) is 12.1 Å². The first-order valence-electron chi connectivity index (χ1n) is 3.57. The summed E-state index contributed by atoms with van der Waals surface area (Å²) < 4.78 is 14.1. The fraction of sp³-hybridized carbons (Fsp3) is 0.111. The van der Waals surface area contributed by atoms with Gasteiger partial charge in [-0.1, -0.05) is 44.0 Å². The van der Waals surface area contributed by atoms with Crippen LogP contribution in [0, 0.1) is 5.82 Å². The van der Waals surface area contributed by atoms with Gasteiger partial charge in [0.25, 0.3) is 0 Å². The Morgan fingerprint density at radius 2 is 1.85 bits per heavy atom. The second-order valence-electron chi connectivity index (χ2n) is 2.37. The highest BCUT2D eigenvalue weighted by atomic mass is 79.9. The zero-order valence-electron chi connectivity index (χ0n) is 6.60. The van der Waals surface area contributed by atoms with E-state index in [4.69, 9.17) is 5.11 Å². The van der Waals surface area contributed by atoms with Gasteiger partial charge in [-0.15, -0.1) is 0 Å². The fourth-order valence-corrected chi connectivity index (χ4v) is 2.28. The summed E-state index contributed by atoms with van der Waals surface area (Å²) in [7, 11) is 0. The lowest BCUT2D eigenvalue weighted by molar-refractivity contribution is 0.343. The molecule has 1 nitrogen and oxygen atoms in total. The van der Waals surface area contributed by atoms with E-state index in [1.54, 1.807) is 12.2 Å². The molecule has 1 aromatic carbocycles. The molecule has 13 heavy (non-hydrogen) atoms. The monoisotopic (exact) mass is 308 g/mol. The van der Waals surface area contributed by atoms with Gasteiger partial charge in [0.2, 0.25) is 0 Å². The van der Waals surface area contributed by atoms with Crippen molar-refractivity contribution in [3.05, 3.63) is 38.5 Å². The first-order chi connectivity index (χ1) is 6.15. The zero-order chi connectivity index (χ0) is 9.84. The van der Waals surface area contributed by atoms with E-state index in [0.717, 1.165) is 5.56 Å². The molecule has 0 radical (unpaired) electrons. The van der Waals surface area contributed by atoms with E-state index in [0.29, 0.717) is 8.95 Å². The smallest absolute Gasteiger partial charge is 0.125 e. The maximum atomic E-state index is 12.8. The van der Waals surface area contributed by atoms with Gasteiger partial charge in [0.1, 0.15) is 5.82 Å². The number of halogens is 3. The Morgan fingerprint density at radius 3 is 2.31 bits per heavy atom. The van der Waals surface area contributed by atoms with Crippen LogP contribution in [0.4, 0.5) is 4.39 Å². The summed E-state index contributed by atoms with van der Waals surface area (Å²) in [6.45, 7) is -0.0315. The molecule has 4 heteroatoms. The van der Waals surface area contributed by atoms with E-state index >= 15 is 0 Å². The van der Waals surface area contributed by atoms with Gasteiger partial charge in [-0.25, -0.2) is 4.39 Å². The maximum Gasteiger partial charge on any atom is 0.125 e. The molecule has 0 atom stereocenters. The molecule has 0 bridgehead atoms. The second-order valence-corrected chi connectivity index (χ2v) is 4.08. The summed E-state index contributed by atoms with van der Waals surface area (Å²) in [5.74, 6) is -0.306. The average Bonchev–Trinajstić information content (AvgIpc) is 2.02. The van der Waals surface area contributed by atoms with Gasteiger partial charge in [-0.2, -0.15) is 0 Å². The summed E-state index contributed by atoms with van der Waals surface area (Å²) in [5, 5.41) is 8.57. The Morgan fingerprint density at radius 1 is 1.31 bits per heavy atom. The van der Waals surface area contributed by atoms with E-state index in [1.807, 2.05) is 0 Å². The second kappa shape index (κ2) is 4.88. The van der Waals surface area contributed by atoms with E-state index in [9.17, 15) is 4.39 Å². The first kappa shape index (κ1) is 10.9. The van der Waals surface area contributed by atoms with Crippen molar-refractivity contribution in [3.63, 3.8) is 0 Å². The number of hydrogen-bond donors (Lipinski definition) is 1. The molecule has 0 heterocycles. The SMILES string of the molecule is OCC=Cc1c(Br)cc(F)cc1Br. The standard InChI is InChI=1S/C9H7Br2FO/c10-8-4-6(12)5-9(11)7(8)2-1-3-13/h1-2,4-5,13H,3H2. The number of aliphatic hydroxyl groups excluding tert-OH is 1. The first-order valence-corrected chi connectivity index (χ1v) is 5.15. The van der Waals surface area contributed by atoms with Crippen molar-refractivity contribution in [2.24, 2.45) is 0 Å². The molecule has 0 saturated heterocycles. The largest absolute Gasteiger partial charge is 0.392 e. The lowest BCUT2D eigenvalue weighted by Crippen LogP contribution is -1.83. The maximum absolute atomic E-state index is 12.8. The van der Waals surface area contributed by atoms with Crippen LogP contribution < -0.4 is 0 Å². The lowest BCUT2D eigenvalue weighted by atomic mass is 10.2. The predicted molar refractivity (Wildman–Crippen MR) is 57.9 cm³/mol. The molecule has 0 aliphatic carbocycles. The molecule has 0 aliphatic heterocycles. The van der Waals surface area contributed by atoms with E-state index < -0.39 is 0 Å². The Bertz CT molecular complexity index is 313. The Kier molecular flexibility index (Phi) is 4.09. The average molecular weight is 310 g/mol. The van der Waals surface area contributed by atoms with Crippen molar-refractivity contribution < 1.29 is 9.50 Å². The van der Waals surface area contributed by atoms with Gasteiger partial charge in [0, 0.05) is 14.5 Å². The van der Waals surface area contributed by atoms with Crippen molar-refractivity contribution in [2.75, 3.05) is 6.61 Å². The highest BCUT2D eigenvalue weighted by Crippen LogP contribution is 2.27. The molecule has 0 fully saturated rings. The highest BCUT2D eigenvalue weighted by Gasteiger charge is 2.03. The molecule has 0 aromatic heterocycles. The van der Waals surface area contributed by atoms with Crippen LogP contribution in [-0.4, -0.2) is 11.7 Å². The molecule has 0 spiro atoms. The normalized spacial score (nSPS) is 11.1. The molecular weight excluding hydrogens is 303 g/mol. The van der Waals surface area contributed by atoms with Crippen LogP contribution in [0.3, 0.4) is 0 Å². The highest BCUT2D eigenvalue weighted by molar-refractivity contribution is 9.11. The quantitative estimate of drug-likeness (QED) is 0.888. The predicted octanol–water partition coefficient (Wildman–Crippen LogP) is 3.36. The van der Waals surface area contributed by atoms with Crippen molar-refractivity contribution in [1.82, 2.24) is 0 Å². The lowest BCUT2D eigenvalue weighted by Gasteiger charge is -2.01. The fourth-order valence-electron chi connectivity index (χ4n) is 0.883. The summed E-state index contributed by atoms with van der Waals surface area (Å²) in [6.07, 6.45) is 3.30. The molecule has 0 amide bonds. The van der Waals surface area contributed by atoms with Gasteiger partial charge in [0.15, 0.2) is 0 Å². The van der Waals surface area contributed by atoms with Crippen LogP contribution >= 0.6 is 31.9 Å². The minimum Gasteiger partial charge on any atom is -0.392 e. The van der Waals surface area contributed by atoms with Crippen molar-refractivity contribution in [1.29, 1.82) is 0 Å². The summed E-state index contributed by atoms with van der Waals surface area (Å²) in [5.41, 5.74) is 0.815. The van der Waals surface area contributed by atoms with Gasteiger partial charge in [0.05, 0.1) is 6.61 Å². The summed E-state index contributed by atoms with van der Waals surface area (Å²) in [4.78, 5) is 0. The van der Waals surface area contributed by atoms with Gasteiger partial charge in [-0.3, -0.25) is 0 Å². The van der Waals surface area contributed by atoms with Crippen molar-refractivity contribution in [2.45, 2.75) is 0 Å². The van der Waals surface area contributed by atoms with Crippen LogP contribution in [0.25, 0.3) is 6.08 Å². The summed E-state index contributed by atoms with van der Waals surface area (Å²) in [6, 6.07) is 2.75. The molecule has 0 aliphatic rings. The Hall–Kier alpha value is -0.190. The topological polar surface area (TPSA) is 20.2 Å². The molecule has 1 N–H and O–H groups in total. The molecule has 1 rings (SSSR count). The van der Waals surface area contributed by atoms with Crippen LogP contribution in [0.5, 0.6) is 0 Å². The minimum atomic E-state index is -0.306. The zero-order valence-corrected chi connectivity index (χ0v) is 9.77. The van der Waals surface area contributed by atoms with Crippen LogP contribution in [0.1, 0.15) is 5.56 Å². The van der Waals surface area contributed by atoms with Crippen LogP contribution in [-0.2, 0) is 0 Å². The number of aliphatic hydroxyl groups is 1. The van der Waals surface area contributed by atoms with Crippen molar-refractivity contribution in [3.8, 4) is 0 Å². The van der Waals surface area contributed by atoms with E-state index in [2.05, 4.69) is 31.9 Å². The van der Waals surface area contributed by atoms with Gasteiger partial charge < -0.3 is 5.11 Å². The van der Waals surface area contributed by atoms with Crippen molar-refractivity contribution >= 4 is 37.9 Å². The molecular formula is C9H7Br2FO. The third-order valence-corrected chi connectivity index (χ3v) is 2.75. The van der Waals surface area contributed by atoms with E-state index in [-0.39, 0.29) is 12.4 Å². The third-order valence-electron chi connectivity index (χ3n) is 1.43. The molecule has 0 unspecified atom stereocenters. The van der Waals surface area contributed by atoms with Gasteiger partial charge in [-0.05, 0) is 12.1 Å². The molecule has 70 valence electrons.